The van der Waals surface area contributed by atoms with E-state index in [2.05, 4.69) is 11.1 Å². The van der Waals surface area contributed by atoms with Crippen LogP contribution in [-0.2, 0) is 0 Å². The van der Waals surface area contributed by atoms with E-state index in [1.165, 1.54) is 0 Å². The first-order valence-corrected chi connectivity index (χ1v) is 6.91. The van der Waals surface area contributed by atoms with E-state index in [1.807, 2.05) is 24.8 Å². The maximum absolute atomic E-state index is 10.0. The monoisotopic (exact) mass is 275 g/mol. The minimum absolute atomic E-state index is 0.277. The summed E-state index contributed by atoms with van der Waals surface area (Å²) in [5, 5.41) is 29.2. The summed E-state index contributed by atoms with van der Waals surface area (Å²) in [6.45, 7) is 6.60. The Bertz CT molecular complexity index is 534. The predicted molar refractivity (Wildman–Crippen MR) is 76.5 cm³/mol. The molecule has 0 unspecified atom stereocenters. The molecule has 1 aromatic heterocycles. The second kappa shape index (κ2) is 5.39. The van der Waals surface area contributed by atoms with Gasteiger partial charge in [-0.3, -0.25) is 0 Å². The quantitative estimate of drug-likeness (QED) is 0.852. The SMILES string of the molecule is CC(C)c1ccc(C#N)c(N2CC[C@](C)(O)[C@@H](O)C2)n1. The van der Waals surface area contributed by atoms with Crippen molar-refractivity contribution >= 4 is 5.82 Å². The summed E-state index contributed by atoms with van der Waals surface area (Å²) in [5.74, 6) is 0.882. The molecule has 2 N–H and O–H groups in total. The second-order valence-corrected chi connectivity index (χ2v) is 5.94. The molecule has 1 aliphatic heterocycles. The molecule has 0 saturated carbocycles. The number of hydrogen-bond acceptors (Lipinski definition) is 5. The number of aromatic nitrogens is 1. The van der Waals surface area contributed by atoms with Gasteiger partial charge in [-0.05, 0) is 31.4 Å². The molecule has 0 spiro atoms. The van der Waals surface area contributed by atoms with Crippen LogP contribution in [0.2, 0.25) is 0 Å². The first kappa shape index (κ1) is 14.8. The largest absolute Gasteiger partial charge is 0.388 e. The fourth-order valence-electron chi connectivity index (χ4n) is 2.33. The van der Waals surface area contributed by atoms with Gasteiger partial charge in [0.05, 0.1) is 17.3 Å². The molecule has 0 radical (unpaired) electrons. The van der Waals surface area contributed by atoms with E-state index >= 15 is 0 Å². The van der Waals surface area contributed by atoms with Gasteiger partial charge in [-0.15, -0.1) is 0 Å². The van der Waals surface area contributed by atoms with Crippen LogP contribution in [0.15, 0.2) is 12.1 Å². The molecule has 1 fully saturated rings. The molecular formula is C15H21N3O2. The molecule has 1 saturated heterocycles. The Hall–Kier alpha value is -1.64. The molecule has 1 aliphatic rings. The van der Waals surface area contributed by atoms with Crippen molar-refractivity contribution in [3.05, 3.63) is 23.4 Å². The van der Waals surface area contributed by atoms with Gasteiger partial charge in [0.2, 0.25) is 0 Å². The van der Waals surface area contributed by atoms with Crippen LogP contribution in [0.25, 0.3) is 0 Å². The lowest BCUT2D eigenvalue weighted by Gasteiger charge is -2.40. The summed E-state index contributed by atoms with van der Waals surface area (Å²) >= 11 is 0. The number of anilines is 1. The number of β-amino-alcohol motifs (C(OH)–C–C–N with tert-alkyl or cyclic N) is 1. The van der Waals surface area contributed by atoms with Crippen LogP contribution in [0.3, 0.4) is 0 Å². The van der Waals surface area contributed by atoms with Crippen molar-refractivity contribution in [3.8, 4) is 6.07 Å². The number of aliphatic hydroxyl groups excluding tert-OH is 1. The van der Waals surface area contributed by atoms with Gasteiger partial charge in [-0.25, -0.2) is 4.98 Å². The standard InChI is InChI=1S/C15H21N3O2/c1-10(2)12-5-4-11(8-16)14(17-12)18-7-6-15(3,20)13(19)9-18/h4-5,10,13,19-20H,6-7,9H2,1-3H3/t13-,15-/m0/s1. The number of piperidine rings is 1. The van der Waals surface area contributed by atoms with Crippen LogP contribution in [0.4, 0.5) is 5.82 Å². The van der Waals surface area contributed by atoms with Gasteiger partial charge in [0.25, 0.3) is 0 Å². The number of nitriles is 1. The summed E-state index contributed by atoms with van der Waals surface area (Å²) < 4.78 is 0. The molecule has 0 bridgehead atoms. The van der Waals surface area contributed by atoms with Crippen molar-refractivity contribution in [3.63, 3.8) is 0 Å². The van der Waals surface area contributed by atoms with Crippen LogP contribution in [0, 0.1) is 11.3 Å². The van der Waals surface area contributed by atoms with E-state index in [-0.39, 0.29) is 12.5 Å². The summed E-state index contributed by atoms with van der Waals surface area (Å²) in [5.41, 5.74) is 0.354. The fraction of sp³-hybridized carbons (Fsp3) is 0.600. The Kier molecular flexibility index (Phi) is 3.98. The average Bonchev–Trinajstić information content (AvgIpc) is 2.41. The minimum Gasteiger partial charge on any atom is -0.388 e. The molecule has 0 aliphatic carbocycles. The molecule has 1 aromatic rings. The van der Waals surface area contributed by atoms with E-state index in [9.17, 15) is 15.5 Å². The summed E-state index contributed by atoms with van der Waals surface area (Å²) in [6.07, 6.45) is -0.389. The van der Waals surface area contributed by atoms with Crippen LogP contribution in [0.5, 0.6) is 0 Å². The fourth-order valence-corrected chi connectivity index (χ4v) is 2.33. The van der Waals surface area contributed by atoms with Gasteiger partial charge >= 0.3 is 0 Å². The molecule has 0 amide bonds. The molecule has 0 aromatic carbocycles. The zero-order chi connectivity index (χ0) is 14.9. The van der Waals surface area contributed by atoms with Crippen LogP contribution in [0.1, 0.15) is 44.4 Å². The smallest absolute Gasteiger partial charge is 0.146 e. The van der Waals surface area contributed by atoms with Crippen molar-refractivity contribution in [1.82, 2.24) is 4.98 Å². The highest BCUT2D eigenvalue weighted by Gasteiger charge is 2.37. The zero-order valence-electron chi connectivity index (χ0n) is 12.2. The number of pyridine rings is 1. The van der Waals surface area contributed by atoms with Crippen molar-refractivity contribution < 1.29 is 10.2 Å². The molecular weight excluding hydrogens is 254 g/mol. The third-order valence-electron chi connectivity index (χ3n) is 3.91. The zero-order valence-corrected chi connectivity index (χ0v) is 12.2. The first-order valence-electron chi connectivity index (χ1n) is 6.91. The Morgan fingerprint density at radius 2 is 2.20 bits per heavy atom. The lowest BCUT2D eigenvalue weighted by Crippen LogP contribution is -2.54. The van der Waals surface area contributed by atoms with Gasteiger partial charge in [-0.2, -0.15) is 5.26 Å². The Balaban J connectivity index is 2.33. The average molecular weight is 275 g/mol. The molecule has 2 atom stereocenters. The van der Waals surface area contributed by atoms with Gasteiger partial charge < -0.3 is 15.1 Å². The molecule has 108 valence electrons. The predicted octanol–water partition coefficient (Wildman–Crippen LogP) is 1.40. The van der Waals surface area contributed by atoms with Crippen LogP contribution in [-0.4, -0.2) is 40.0 Å². The van der Waals surface area contributed by atoms with Gasteiger partial charge in [0.15, 0.2) is 0 Å². The summed E-state index contributed by atoms with van der Waals surface area (Å²) in [4.78, 5) is 6.44. The minimum atomic E-state index is -1.07. The van der Waals surface area contributed by atoms with Crippen molar-refractivity contribution in [2.75, 3.05) is 18.0 Å². The molecule has 5 nitrogen and oxygen atoms in total. The maximum atomic E-state index is 10.0. The van der Waals surface area contributed by atoms with Crippen LogP contribution < -0.4 is 4.90 Å². The van der Waals surface area contributed by atoms with E-state index in [4.69, 9.17) is 0 Å². The van der Waals surface area contributed by atoms with Crippen molar-refractivity contribution in [2.24, 2.45) is 0 Å². The lowest BCUT2D eigenvalue weighted by molar-refractivity contribution is -0.0722. The highest BCUT2D eigenvalue weighted by atomic mass is 16.3. The third-order valence-corrected chi connectivity index (χ3v) is 3.91. The Labute approximate surface area is 119 Å². The Morgan fingerprint density at radius 3 is 2.75 bits per heavy atom. The third kappa shape index (κ3) is 2.77. The number of rotatable bonds is 2. The highest BCUT2D eigenvalue weighted by molar-refractivity contribution is 5.55. The van der Waals surface area contributed by atoms with Gasteiger partial charge in [-0.1, -0.05) is 13.8 Å². The van der Waals surface area contributed by atoms with Crippen molar-refractivity contribution in [2.45, 2.75) is 44.8 Å². The van der Waals surface area contributed by atoms with Crippen LogP contribution >= 0.6 is 0 Å². The van der Waals surface area contributed by atoms with E-state index in [1.54, 1.807) is 13.0 Å². The van der Waals surface area contributed by atoms with E-state index < -0.39 is 11.7 Å². The van der Waals surface area contributed by atoms with E-state index in [0.717, 1.165) is 5.69 Å². The van der Waals surface area contributed by atoms with Gasteiger partial charge in [0, 0.05) is 18.8 Å². The Morgan fingerprint density at radius 1 is 1.50 bits per heavy atom. The lowest BCUT2D eigenvalue weighted by atomic mass is 9.90. The summed E-state index contributed by atoms with van der Waals surface area (Å²) in [6, 6.07) is 5.79. The number of hydrogen-bond donors (Lipinski definition) is 2. The number of aliphatic hydroxyl groups is 2. The molecule has 2 rings (SSSR count). The maximum Gasteiger partial charge on any atom is 0.146 e. The summed E-state index contributed by atoms with van der Waals surface area (Å²) in [7, 11) is 0. The van der Waals surface area contributed by atoms with Gasteiger partial charge in [0.1, 0.15) is 11.9 Å². The number of nitrogens with zero attached hydrogens (tertiary/aromatic N) is 3. The molecule has 2 heterocycles. The van der Waals surface area contributed by atoms with Crippen molar-refractivity contribution in [1.29, 1.82) is 5.26 Å². The normalized spacial score (nSPS) is 26.6. The first-order chi connectivity index (χ1) is 9.35. The van der Waals surface area contributed by atoms with E-state index in [0.29, 0.717) is 24.3 Å². The topological polar surface area (TPSA) is 80.4 Å². The highest BCUT2D eigenvalue weighted by Crippen LogP contribution is 2.28. The molecule has 20 heavy (non-hydrogen) atoms. The molecule has 5 heteroatoms. The second-order valence-electron chi connectivity index (χ2n) is 5.94.